The van der Waals surface area contributed by atoms with Crippen molar-refractivity contribution in [2.45, 2.75) is 38.6 Å². The van der Waals surface area contributed by atoms with Crippen LogP contribution in [0.5, 0.6) is 0 Å². The Balaban J connectivity index is 1.61. The van der Waals surface area contributed by atoms with E-state index in [0.717, 1.165) is 22.7 Å². The van der Waals surface area contributed by atoms with Gasteiger partial charge in [0.15, 0.2) is 5.78 Å². The van der Waals surface area contributed by atoms with Gasteiger partial charge in [0.05, 0.1) is 10.5 Å². The fraction of sp³-hybridized carbons (Fsp3) is 0.273. The topological polar surface area (TPSA) is 30.0 Å². The monoisotopic (exact) mass is 367 g/mol. The molecular formula is C22H22FNOS. The summed E-state index contributed by atoms with van der Waals surface area (Å²) in [4.78, 5) is 16.9. The molecule has 0 unspecified atom stereocenters. The average Bonchev–Trinajstić information content (AvgIpc) is 2.60. The number of ketones is 1. The first-order valence-corrected chi connectivity index (χ1v) is 9.73. The van der Waals surface area contributed by atoms with Crippen LogP contribution in [-0.4, -0.2) is 16.5 Å². The molecule has 0 radical (unpaired) electrons. The summed E-state index contributed by atoms with van der Waals surface area (Å²) in [5.74, 6) is 0.565. The van der Waals surface area contributed by atoms with Crippen molar-refractivity contribution in [3.05, 3.63) is 70.5 Å². The second-order valence-corrected chi connectivity index (χ2v) is 7.75. The molecule has 0 atom stereocenters. The summed E-state index contributed by atoms with van der Waals surface area (Å²) in [6.45, 7) is 6.31. The maximum atomic E-state index is 12.9. The van der Waals surface area contributed by atoms with E-state index in [1.807, 2.05) is 0 Å². The largest absolute Gasteiger partial charge is 0.294 e. The summed E-state index contributed by atoms with van der Waals surface area (Å²) in [5, 5.41) is 2.20. The van der Waals surface area contributed by atoms with E-state index < -0.39 is 0 Å². The minimum atomic E-state index is -0.319. The number of aryl methyl sites for hydroxylation is 3. The molecule has 4 heteroatoms. The maximum absolute atomic E-state index is 12.9. The van der Waals surface area contributed by atoms with Crippen molar-refractivity contribution in [2.24, 2.45) is 0 Å². The SMILES string of the molecule is Cc1cc(C)c2nc(SCCCC(=O)c3ccc(F)cc3)cc(C)c2c1. The summed E-state index contributed by atoms with van der Waals surface area (Å²) in [5.41, 5.74) is 5.30. The van der Waals surface area contributed by atoms with Gasteiger partial charge in [-0.1, -0.05) is 11.6 Å². The lowest BCUT2D eigenvalue weighted by Gasteiger charge is -2.09. The number of halogens is 1. The highest BCUT2D eigenvalue weighted by molar-refractivity contribution is 7.99. The molecule has 0 aliphatic heterocycles. The van der Waals surface area contributed by atoms with Crippen LogP contribution < -0.4 is 0 Å². The number of nitrogens with zero attached hydrogens (tertiary/aromatic N) is 1. The Morgan fingerprint density at radius 1 is 1.04 bits per heavy atom. The number of fused-ring (bicyclic) bond motifs is 1. The minimum absolute atomic E-state index is 0.0552. The maximum Gasteiger partial charge on any atom is 0.162 e. The Kier molecular flexibility index (Phi) is 5.72. The van der Waals surface area contributed by atoms with Crippen LogP contribution in [0.3, 0.4) is 0 Å². The van der Waals surface area contributed by atoms with Gasteiger partial charge in [-0.3, -0.25) is 4.79 Å². The van der Waals surface area contributed by atoms with E-state index >= 15 is 0 Å². The molecule has 3 rings (SSSR count). The van der Waals surface area contributed by atoms with Crippen LogP contribution in [-0.2, 0) is 0 Å². The number of pyridine rings is 1. The molecule has 2 nitrogen and oxygen atoms in total. The highest BCUT2D eigenvalue weighted by Crippen LogP contribution is 2.27. The molecule has 0 fully saturated rings. The summed E-state index contributed by atoms with van der Waals surface area (Å²) < 4.78 is 12.9. The van der Waals surface area contributed by atoms with Crippen LogP contribution in [0.15, 0.2) is 47.5 Å². The smallest absolute Gasteiger partial charge is 0.162 e. The molecule has 0 saturated heterocycles. The van der Waals surface area contributed by atoms with Gasteiger partial charge in [-0.15, -0.1) is 11.8 Å². The number of benzene rings is 2. The zero-order chi connectivity index (χ0) is 18.7. The molecule has 0 bridgehead atoms. The Labute approximate surface area is 157 Å². The van der Waals surface area contributed by atoms with E-state index in [2.05, 4.69) is 39.0 Å². The van der Waals surface area contributed by atoms with Crippen molar-refractivity contribution in [1.82, 2.24) is 4.98 Å². The third kappa shape index (κ3) is 4.31. The van der Waals surface area contributed by atoms with Gasteiger partial charge in [0.1, 0.15) is 5.82 Å². The first kappa shape index (κ1) is 18.6. The van der Waals surface area contributed by atoms with Crippen LogP contribution in [0.4, 0.5) is 4.39 Å². The number of carbonyl (C=O) groups excluding carboxylic acids is 1. The number of carbonyl (C=O) groups is 1. The molecule has 2 aromatic carbocycles. The van der Waals surface area contributed by atoms with Gasteiger partial charge in [0.25, 0.3) is 0 Å². The van der Waals surface area contributed by atoms with Crippen molar-refractivity contribution in [1.29, 1.82) is 0 Å². The highest BCUT2D eigenvalue weighted by Gasteiger charge is 2.09. The van der Waals surface area contributed by atoms with Gasteiger partial charge in [-0.25, -0.2) is 9.37 Å². The molecular weight excluding hydrogens is 345 g/mol. The third-order valence-electron chi connectivity index (χ3n) is 4.40. The molecule has 0 N–H and O–H groups in total. The van der Waals surface area contributed by atoms with Crippen LogP contribution in [0, 0.1) is 26.6 Å². The van der Waals surface area contributed by atoms with Gasteiger partial charge in [0, 0.05) is 17.4 Å². The quantitative estimate of drug-likeness (QED) is 0.301. The Bertz CT molecular complexity index is 951. The van der Waals surface area contributed by atoms with Crippen LogP contribution >= 0.6 is 11.8 Å². The summed E-state index contributed by atoms with van der Waals surface area (Å²) in [6.07, 6.45) is 1.23. The van der Waals surface area contributed by atoms with Crippen molar-refractivity contribution in [3.8, 4) is 0 Å². The molecule has 0 spiro atoms. The predicted octanol–water partition coefficient (Wildman–Crippen LogP) is 6.05. The molecule has 26 heavy (non-hydrogen) atoms. The van der Waals surface area contributed by atoms with E-state index in [9.17, 15) is 9.18 Å². The highest BCUT2D eigenvalue weighted by atomic mass is 32.2. The molecule has 134 valence electrons. The van der Waals surface area contributed by atoms with Gasteiger partial charge in [-0.05, 0) is 80.5 Å². The fourth-order valence-corrected chi connectivity index (χ4v) is 3.99. The predicted molar refractivity (Wildman–Crippen MR) is 107 cm³/mol. The minimum Gasteiger partial charge on any atom is -0.294 e. The van der Waals surface area contributed by atoms with Gasteiger partial charge in [0.2, 0.25) is 0 Å². The zero-order valence-corrected chi connectivity index (χ0v) is 16.1. The lowest BCUT2D eigenvalue weighted by atomic mass is 10.0. The van der Waals surface area contributed by atoms with E-state index in [0.29, 0.717) is 12.0 Å². The number of aromatic nitrogens is 1. The number of rotatable bonds is 6. The van der Waals surface area contributed by atoms with E-state index in [4.69, 9.17) is 4.98 Å². The average molecular weight is 367 g/mol. The summed E-state index contributed by atoms with van der Waals surface area (Å²) >= 11 is 1.68. The molecule has 0 aliphatic carbocycles. The standard InChI is InChI=1S/C22H22FNOS/c1-14-11-16(3)22-19(12-14)15(2)13-21(24-22)26-10-4-5-20(25)17-6-8-18(23)9-7-17/h6-9,11-13H,4-5,10H2,1-3H3. The first-order chi connectivity index (χ1) is 12.4. The van der Waals surface area contributed by atoms with E-state index in [1.165, 1.54) is 34.2 Å². The molecule has 1 aromatic heterocycles. The molecule has 3 aromatic rings. The Morgan fingerprint density at radius 3 is 2.50 bits per heavy atom. The Morgan fingerprint density at radius 2 is 1.77 bits per heavy atom. The number of thioether (sulfide) groups is 1. The lowest BCUT2D eigenvalue weighted by Crippen LogP contribution is -2.00. The van der Waals surface area contributed by atoms with Gasteiger partial charge >= 0.3 is 0 Å². The van der Waals surface area contributed by atoms with Gasteiger partial charge in [-0.2, -0.15) is 0 Å². The van der Waals surface area contributed by atoms with E-state index in [1.54, 1.807) is 23.9 Å². The molecule has 0 saturated carbocycles. The van der Waals surface area contributed by atoms with Crippen molar-refractivity contribution < 1.29 is 9.18 Å². The summed E-state index contributed by atoms with van der Waals surface area (Å²) in [6, 6.07) is 12.2. The fourth-order valence-electron chi connectivity index (χ4n) is 3.08. The normalized spacial score (nSPS) is 11.1. The van der Waals surface area contributed by atoms with Gasteiger partial charge < -0.3 is 0 Å². The van der Waals surface area contributed by atoms with Crippen molar-refractivity contribution in [3.63, 3.8) is 0 Å². The van der Waals surface area contributed by atoms with Crippen molar-refractivity contribution >= 4 is 28.4 Å². The van der Waals surface area contributed by atoms with Crippen LogP contribution in [0.2, 0.25) is 0 Å². The second-order valence-electron chi connectivity index (χ2n) is 6.64. The number of hydrogen-bond acceptors (Lipinski definition) is 3. The molecule has 1 heterocycles. The first-order valence-electron chi connectivity index (χ1n) is 8.74. The molecule has 0 amide bonds. The zero-order valence-electron chi connectivity index (χ0n) is 15.3. The van der Waals surface area contributed by atoms with E-state index in [-0.39, 0.29) is 11.6 Å². The van der Waals surface area contributed by atoms with Crippen LogP contribution in [0.1, 0.15) is 39.9 Å². The van der Waals surface area contributed by atoms with Crippen LogP contribution in [0.25, 0.3) is 10.9 Å². The molecule has 0 aliphatic rings. The second kappa shape index (κ2) is 8.00. The lowest BCUT2D eigenvalue weighted by molar-refractivity contribution is 0.0982. The summed E-state index contributed by atoms with van der Waals surface area (Å²) in [7, 11) is 0. The number of hydrogen-bond donors (Lipinski definition) is 0. The van der Waals surface area contributed by atoms with Crippen molar-refractivity contribution in [2.75, 3.05) is 5.75 Å². The number of Topliss-reactive ketones (excluding diaryl/α,β-unsaturated/α-hetero) is 1. The third-order valence-corrected chi connectivity index (χ3v) is 5.39. The Hall–Kier alpha value is -2.20.